The summed E-state index contributed by atoms with van der Waals surface area (Å²) in [5.74, 6) is -2.33. The second kappa shape index (κ2) is 13.9. The number of hydrogen-bond donors (Lipinski definition) is 2. The van der Waals surface area contributed by atoms with Gasteiger partial charge in [-0.3, -0.25) is 0 Å². The van der Waals surface area contributed by atoms with E-state index in [0.717, 1.165) is 0 Å². The molecule has 10 heteroatoms. The molecule has 0 radical (unpaired) electrons. The van der Waals surface area contributed by atoms with Crippen molar-refractivity contribution >= 4 is 16.6 Å². The van der Waals surface area contributed by atoms with Gasteiger partial charge in [0.2, 0.25) is 0 Å². The van der Waals surface area contributed by atoms with Gasteiger partial charge in [0.25, 0.3) is 0 Å². The average molecular weight is 663 g/mol. The van der Waals surface area contributed by atoms with Crippen LogP contribution in [0.15, 0.2) is 0 Å². The molecule has 2 saturated heterocycles. The number of aliphatic hydroxyl groups excluding tert-OH is 2. The van der Waals surface area contributed by atoms with Crippen molar-refractivity contribution in [3.05, 3.63) is 0 Å². The summed E-state index contributed by atoms with van der Waals surface area (Å²) in [7, 11) is -3.89. The lowest BCUT2D eigenvalue weighted by Crippen LogP contribution is -2.51. The SMILES string of the molecule is C[C@@H]([C@@H](O)[C@H](O)[C@H](C)[C@@H]1OC(C)(C)O[C@H]1[C@@H](C)CO[Si](C)(C)C(C)(C)C)[C@@H]1OC(C)(C)O[C@H]1[C@@H](C)CO[Si](C)(C)C(C)(C)C. The van der Waals surface area contributed by atoms with E-state index in [2.05, 4.69) is 81.6 Å². The van der Waals surface area contributed by atoms with Crippen LogP contribution in [0.5, 0.6) is 0 Å². The first kappa shape index (κ1) is 40.3. The van der Waals surface area contributed by atoms with Crippen LogP contribution in [0.3, 0.4) is 0 Å². The fourth-order valence-corrected chi connectivity index (χ4v) is 7.87. The van der Waals surface area contributed by atoms with Gasteiger partial charge in [-0.2, -0.15) is 0 Å². The normalized spacial score (nSPS) is 30.5. The second-order valence-corrected chi connectivity index (χ2v) is 27.5. The van der Waals surface area contributed by atoms with Crippen molar-refractivity contribution in [2.24, 2.45) is 23.7 Å². The summed E-state index contributed by atoms with van der Waals surface area (Å²) in [4.78, 5) is 0. The largest absolute Gasteiger partial charge is 0.416 e. The zero-order chi connectivity index (χ0) is 34.4. The van der Waals surface area contributed by atoms with Gasteiger partial charge in [0, 0.05) is 36.9 Å². The molecular formula is C34H70O8Si2. The molecule has 0 aromatic rings. The van der Waals surface area contributed by atoms with Gasteiger partial charge in [-0.25, -0.2) is 0 Å². The summed E-state index contributed by atoms with van der Waals surface area (Å²) in [6, 6.07) is 0. The first-order valence-corrected chi connectivity index (χ1v) is 22.7. The third kappa shape index (κ3) is 9.60. The highest BCUT2D eigenvalue weighted by Crippen LogP contribution is 2.43. The van der Waals surface area contributed by atoms with E-state index in [9.17, 15) is 10.2 Å². The van der Waals surface area contributed by atoms with Gasteiger partial charge >= 0.3 is 0 Å². The van der Waals surface area contributed by atoms with Gasteiger partial charge in [0.05, 0.1) is 36.6 Å². The molecule has 2 aliphatic rings. The zero-order valence-electron chi connectivity index (χ0n) is 31.5. The molecule has 0 aromatic carbocycles. The predicted octanol–water partition coefficient (Wildman–Crippen LogP) is 7.34. The van der Waals surface area contributed by atoms with Crippen LogP contribution < -0.4 is 0 Å². The number of hydrogen-bond acceptors (Lipinski definition) is 8. The molecule has 10 atom stereocenters. The second-order valence-electron chi connectivity index (χ2n) is 17.9. The molecule has 2 aliphatic heterocycles. The van der Waals surface area contributed by atoms with Crippen LogP contribution in [0, 0.1) is 23.7 Å². The van der Waals surface area contributed by atoms with Gasteiger partial charge in [-0.1, -0.05) is 69.2 Å². The minimum atomic E-state index is -1.95. The summed E-state index contributed by atoms with van der Waals surface area (Å²) in [6.45, 7) is 39.3. The molecule has 0 aliphatic carbocycles. The Balaban J connectivity index is 2.18. The van der Waals surface area contributed by atoms with Crippen LogP contribution in [-0.2, 0) is 27.8 Å². The maximum absolute atomic E-state index is 11.6. The van der Waals surface area contributed by atoms with Crippen molar-refractivity contribution in [1.29, 1.82) is 0 Å². The van der Waals surface area contributed by atoms with E-state index in [4.69, 9.17) is 27.8 Å². The van der Waals surface area contributed by atoms with Crippen molar-refractivity contribution < 1.29 is 38.0 Å². The standard InChI is InChI=1S/C34H70O8Si2/c1-21(19-37-43(15,16)31(5,6)7)27-29(41-33(11,12)39-27)23(3)25(35)26(36)24(4)30-28(40-34(13,14)42-30)22(2)20-38-44(17,18)32(8,9)10/h21-30,35-36H,19-20H2,1-18H3/t21-,22-,23-,24-,25+,26+,27-,28-,29-,30-/m0/s1. The van der Waals surface area contributed by atoms with Crippen LogP contribution in [0.1, 0.15) is 96.9 Å². The van der Waals surface area contributed by atoms with Crippen LogP contribution in [-0.4, -0.2) is 88.3 Å². The zero-order valence-corrected chi connectivity index (χ0v) is 33.5. The first-order chi connectivity index (χ1) is 19.5. The van der Waals surface area contributed by atoms with Crippen molar-refractivity contribution in [2.75, 3.05) is 13.2 Å². The average Bonchev–Trinajstić information content (AvgIpc) is 3.37. The highest BCUT2D eigenvalue weighted by molar-refractivity contribution is 6.74. The van der Waals surface area contributed by atoms with Gasteiger partial charge in [0.15, 0.2) is 28.2 Å². The molecule has 0 spiro atoms. The first-order valence-electron chi connectivity index (χ1n) is 16.9. The van der Waals surface area contributed by atoms with Crippen LogP contribution >= 0.6 is 0 Å². The van der Waals surface area contributed by atoms with E-state index < -0.39 is 64.5 Å². The predicted molar refractivity (Wildman–Crippen MR) is 183 cm³/mol. The van der Waals surface area contributed by atoms with Crippen LogP contribution in [0.25, 0.3) is 0 Å². The Hall–Kier alpha value is 0.114. The molecular weight excluding hydrogens is 593 g/mol. The highest BCUT2D eigenvalue weighted by atomic mass is 28.4. The van der Waals surface area contributed by atoms with E-state index in [0.29, 0.717) is 13.2 Å². The minimum absolute atomic E-state index is 0.0404. The van der Waals surface area contributed by atoms with E-state index in [-0.39, 0.29) is 34.1 Å². The Labute approximate surface area is 272 Å². The minimum Gasteiger partial charge on any atom is -0.416 e. The van der Waals surface area contributed by atoms with E-state index in [1.165, 1.54) is 0 Å². The molecule has 2 fully saturated rings. The molecule has 0 bridgehead atoms. The lowest BCUT2D eigenvalue weighted by molar-refractivity contribution is -0.168. The molecule has 262 valence electrons. The number of rotatable bonds is 13. The Kier molecular flexibility index (Phi) is 12.7. The van der Waals surface area contributed by atoms with Gasteiger partial charge in [-0.05, 0) is 64.0 Å². The molecule has 2 rings (SSSR count). The Bertz CT molecular complexity index is 851. The lowest BCUT2D eigenvalue weighted by Gasteiger charge is -2.39. The van der Waals surface area contributed by atoms with E-state index >= 15 is 0 Å². The Morgan fingerprint density at radius 3 is 1.07 bits per heavy atom. The highest BCUT2D eigenvalue weighted by Gasteiger charge is 2.53. The summed E-state index contributed by atoms with van der Waals surface area (Å²) in [6.07, 6.45) is -3.51. The Morgan fingerprint density at radius 2 is 0.818 bits per heavy atom. The van der Waals surface area contributed by atoms with Crippen LogP contribution in [0.4, 0.5) is 0 Å². The molecule has 2 heterocycles. The van der Waals surface area contributed by atoms with Gasteiger partial charge in [0.1, 0.15) is 0 Å². The summed E-state index contributed by atoms with van der Waals surface area (Å²) < 4.78 is 38.7. The third-order valence-electron chi connectivity index (χ3n) is 10.9. The summed E-state index contributed by atoms with van der Waals surface area (Å²) in [5, 5.41) is 23.5. The molecule has 0 aromatic heterocycles. The van der Waals surface area contributed by atoms with E-state index in [1.54, 1.807) is 0 Å². The molecule has 0 unspecified atom stereocenters. The molecule has 0 amide bonds. The molecule has 44 heavy (non-hydrogen) atoms. The maximum Gasteiger partial charge on any atom is 0.191 e. The fourth-order valence-electron chi connectivity index (χ4n) is 5.64. The quantitative estimate of drug-likeness (QED) is 0.198. The maximum atomic E-state index is 11.6. The number of ether oxygens (including phenoxy) is 4. The summed E-state index contributed by atoms with van der Waals surface area (Å²) >= 11 is 0. The van der Waals surface area contributed by atoms with Crippen molar-refractivity contribution in [3.63, 3.8) is 0 Å². The fraction of sp³-hybridized carbons (Fsp3) is 1.00. The van der Waals surface area contributed by atoms with E-state index in [1.807, 2.05) is 41.5 Å². The lowest BCUT2D eigenvalue weighted by atomic mass is 9.80. The van der Waals surface area contributed by atoms with Gasteiger partial charge < -0.3 is 38.0 Å². The topological polar surface area (TPSA) is 95.8 Å². The third-order valence-corrected chi connectivity index (χ3v) is 19.9. The molecule has 2 N–H and O–H groups in total. The Morgan fingerprint density at radius 1 is 0.568 bits per heavy atom. The van der Waals surface area contributed by atoms with Gasteiger partial charge in [-0.15, -0.1) is 0 Å². The molecule has 8 nitrogen and oxygen atoms in total. The van der Waals surface area contributed by atoms with Crippen molar-refractivity contribution in [1.82, 2.24) is 0 Å². The monoisotopic (exact) mass is 662 g/mol. The summed E-state index contributed by atoms with van der Waals surface area (Å²) in [5.41, 5.74) is 0. The molecule has 0 saturated carbocycles. The van der Waals surface area contributed by atoms with Crippen molar-refractivity contribution in [3.8, 4) is 0 Å². The van der Waals surface area contributed by atoms with Crippen LogP contribution in [0.2, 0.25) is 36.3 Å². The smallest absolute Gasteiger partial charge is 0.191 e. The number of aliphatic hydroxyl groups is 2. The van der Waals surface area contributed by atoms with Crippen molar-refractivity contribution in [2.45, 2.75) is 181 Å².